The van der Waals surface area contributed by atoms with Crippen LogP contribution < -0.4 is 4.50 Å². The second-order valence-corrected chi connectivity index (χ2v) is 23.0. The van der Waals surface area contributed by atoms with E-state index in [-0.39, 0.29) is 43.5 Å². The van der Waals surface area contributed by atoms with Gasteiger partial charge in [-0.15, -0.1) is 29.1 Å². The molecule has 0 aliphatic heterocycles. The first kappa shape index (κ1) is 43.1. The van der Waals surface area contributed by atoms with E-state index in [1.54, 1.807) is 4.50 Å². The summed E-state index contributed by atoms with van der Waals surface area (Å²) < 4.78 is 2.90. The Labute approximate surface area is 316 Å². The molecule has 0 fully saturated rings. The maximum atomic E-state index is 12.3. The first-order valence-electron chi connectivity index (χ1n) is 18.0. The van der Waals surface area contributed by atoms with Crippen molar-refractivity contribution >= 4 is 50.6 Å². The van der Waals surface area contributed by atoms with Crippen LogP contribution in [0.2, 0.25) is 19.6 Å². The molecule has 2 heterocycles. The Bertz CT molecular complexity index is 1760. The van der Waals surface area contributed by atoms with Crippen LogP contribution in [0.25, 0.3) is 32.1 Å². The SMILES string of the molecule is CC(C)C(C(=O)/C=C(\O)C(C(C)C)C(C)C)C(C)C.Cc1cc2[c-]c(-c3nccc4c(C)c([Si](C)(C)C)sc34)cc(C(C)C)c2cc1C.[Ir]. The molecule has 0 amide bonds. The quantitative estimate of drug-likeness (QED) is 0.0747. The summed E-state index contributed by atoms with van der Waals surface area (Å²) in [7, 11) is -1.39. The number of carbonyl (C=O) groups is 1. The van der Waals surface area contributed by atoms with Gasteiger partial charge in [0.15, 0.2) is 5.78 Å². The molecule has 0 unspecified atom stereocenters. The Morgan fingerprint density at radius 3 is 1.84 bits per heavy atom. The third-order valence-electron chi connectivity index (χ3n) is 9.76. The molecular weight excluding hydrogens is 815 g/mol. The molecule has 0 bridgehead atoms. The Morgan fingerprint density at radius 2 is 1.35 bits per heavy atom. The Kier molecular flexibility index (Phi) is 15.3. The molecule has 271 valence electrons. The average Bonchev–Trinajstić information content (AvgIpc) is 3.29. The number of fused-ring (bicyclic) bond motifs is 2. The summed E-state index contributed by atoms with van der Waals surface area (Å²) in [5, 5.41) is 14.2. The third kappa shape index (κ3) is 10.0. The van der Waals surface area contributed by atoms with Gasteiger partial charge in [-0.3, -0.25) is 9.78 Å². The molecule has 6 heteroatoms. The van der Waals surface area contributed by atoms with E-state index in [1.165, 1.54) is 49.2 Å². The Balaban J connectivity index is 0.000000367. The zero-order chi connectivity index (χ0) is 36.4. The van der Waals surface area contributed by atoms with Crippen molar-refractivity contribution in [3.8, 4) is 11.3 Å². The van der Waals surface area contributed by atoms with Crippen molar-refractivity contribution in [1.82, 2.24) is 4.98 Å². The Morgan fingerprint density at radius 1 is 0.816 bits per heavy atom. The summed E-state index contributed by atoms with van der Waals surface area (Å²) >= 11 is 1.96. The number of aliphatic hydroxyl groups excluding tert-OH is 1. The van der Waals surface area contributed by atoms with Gasteiger partial charge in [0.25, 0.3) is 0 Å². The summed E-state index contributed by atoms with van der Waals surface area (Å²) in [6.45, 7) is 35.1. The van der Waals surface area contributed by atoms with E-state index in [0.29, 0.717) is 29.6 Å². The molecule has 2 aromatic heterocycles. The fraction of sp³-hybridized carbons (Fsp3) is 0.535. The zero-order valence-corrected chi connectivity index (χ0v) is 37.3. The number of aryl methyl sites for hydroxylation is 3. The number of benzene rings is 2. The number of ketones is 1. The first-order valence-corrected chi connectivity index (χ1v) is 22.3. The minimum Gasteiger partial charge on any atom is -0.512 e. The Hall–Kier alpha value is -2.11. The summed E-state index contributed by atoms with van der Waals surface area (Å²) in [5.41, 5.74) is 7.70. The summed E-state index contributed by atoms with van der Waals surface area (Å²) in [4.78, 5) is 17.2. The number of carbonyl (C=O) groups excluding carboxylic acids is 1. The molecule has 4 aromatic rings. The number of aliphatic hydroxyl groups is 1. The van der Waals surface area contributed by atoms with Crippen LogP contribution >= 0.6 is 11.3 Å². The third-order valence-corrected chi connectivity index (χ3v) is 14.8. The van der Waals surface area contributed by atoms with E-state index >= 15 is 0 Å². The van der Waals surface area contributed by atoms with E-state index in [0.717, 1.165) is 11.3 Å². The maximum Gasteiger partial charge on any atom is 0.162 e. The number of aromatic nitrogens is 1. The second-order valence-electron chi connectivity index (χ2n) is 16.6. The van der Waals surface area contributed by atoms with E-state index in [4.69, 9.17) is 4.98 Å². The van der Waals surface area contributed by atoms with Crippen LogP contribution in [0.4, 0.5) is 0 Å². The minimum atomic E-state index is -1.39. The largest absolute Gasteiger partial charge is 0.512 e. The average molecular weight is 877 g/mol. The van der Waals surface area contributed by atoms with Crippen LogP contribution in [0.3, 0.4) is 0 Å². The van der Waals surface area contributed by atoms with E-state index in [1.807, 2.05) is 17.5 Å². The normalized spacial score (nSPS) is 12.7. The summed E-state index contributed by atoms with van der Waals surface area (Å²) in [6.07, 6.45) is 3.45. The number of pyridine rings is 1. The zero-order valence-electron chi connectivity index (χ0n) is 33.0. The molecule has 3 nitrogen and oxygen atoms in total. The van der Waals surface area contributed by atoms with Crippen molar-refractivity contribution in [2.45, 2.75) is 116 Å². The van der Waals surface area contributed by atoms with Crippen molar-refractivity contribution < 1.29 is 30.0 Å². The molecule has 1 radical (unpaired) electrons. The molecule has 0 aliphatic carbocycles. The summed E-state index contributed by atoms with van der Waals surface area (Å²) in [5.74, 6) is 2.08. The predicted octanol–water partition coefficient (Wildman–Crippen LogP) is 12.4. The van der Waals surface area contributed by atoms with Crippen LogP contribution in [0, 0.1) is 62.3 Å². The van der Waals surface area contributed by atoms with E-state index in [2.05, 4.69) is 140 Å². The van der Waals surface area contributed by atoms with Crippen molar-refractivity contribution in [3.63, 3.8) is 0 Å². The van der Waals surface area contributed by atoms with Crippen molar-refractivity contribution in [2.24, 2.45) is 35.5 Å². The monoisotopic (exact) mass is 877 g/mol. The molecule has 0 saturated heterocycles. The van der Waals surface area contributed by atoms with Gasteiger partial charge in [-0.25, -0.2) is 0 Å². The fourth-order valence-corrected chi connectivity index (χ4v) is 11.3. The second kappa shape index (κ2) is 17.4. The van der Waals surface area contributed by atoms with Crippen LogP contribution in [0.15, 0.2) is 42.3 Å². The summed E-state index contributed by atoms with van der Waals surface area (Å²) in [6, 6.07) is 12.8. The molecule has 0 saturated carbocycles. The molecule has 4 rings (SSSR count). The smallest absolute Gasteiger partial charge is 0.162 e. The number of hydrogen-bond acceptors (Lipinski definition) is 4. The van der Waals surface area contributed by atoms with Gasteiger partial charge >= 0.3 is 0 Å². The molecule has 1 N–H and O–H groups in total. The minimum absolute atomic E-state index is 0. The number of nitrogens with zero attached hydrogens (tertiary/aromatic N) is 1. The van der Waals surface area contributed by atoms with Crippen LogP contribution in [0.5, 0.6) is 0 Å². The van der Waals surface area contributed by atoms with Crippen LogP contribution in [-0.2, 0) is 24.9 Å². The molecular formula is C43H62IrNO2SSi-. The van der Waals surface area contributed by atoms with Gasteiger partial charge in [0.05, 0.1) is 13.8 Å². The molecule has 2 aromatic carbocycles. The van der Waals surface area contributed by atoms with Gasteiger partial charge in [-0.2, -0.15) is 11.3 Å². The first-order chi connectivity index (χ1) is 22.2. The van der Waals surface area contributed by atoms with Gasteiger partial charge < -0.3 is 5.11 Å². The fourth-order valence-electron chi connectivity index (χ4n) is 7.45. The standard InChI is InChI=1S/C26H30NSSi.C17H32O2.Ir/c1-15(2)22-14-20(13-19-11-16(3)17(4)12-23(19)22)24-25-21(9-10-27-24)18(5)26(28-25)29(6,7)8;1-10(2)16(11(3)4)14(18)9-15(19)17(12(5)6)13(7)8;/h9-12,14-15H,1-8H3;9-13,16-18H,1-8H3;/q-1;;/b;14-9-;. The predicted molar refractivity (Wildman–Crippen MR) is 215 cm³/mol. The maximum absolute atomic E-state index is 12.3. The van der Waals surface area contributed by atoms with Gasteiger partial charge in [0.2, 0.25) is 0 Å². The van der Waals surface area contributed by atoms with Gasteiger partial charge in [-0.05, 0) is 71.9 Å². The van der Waals surface area contributed by atoms with Crippen molar-refractivity contribution in [3.05, 3.63) is 70.6 Å². The van der Waals surface area contributed by atoms with Crippen LogP contribution in [0.1, 0.15) is 97.4 Å². The molecule has 0 spiro atoms. The van der Waals surface area contributed by atoms with Crippen molar-refractivity contribution in [2.75, 3.05) is 0 Å². The number of rotatable bonds is 10. The number of hydrogen-bond donors (Lipinski definition) is 1. The number of allylic oxidation sites excluding steroid dienone is 2. The van der Waals surface area contributed by atoms with Gasteiger partial charge in [0, 0.05) is 54.6 Å². The topological polar surface area (TPSA) is 50.2 Å². The van der Waals surface area contributed by atoms with Crippen LogP contribution in [-0.4, -0.2) is 23.9 Å². The molecule has 49 heavy (non-hydrogen) atoms. The van der Waals surface area contributed by atoms with E-state index in [9.17, 15) is 9.90 Å². The van der Waals surface area contributed by atoms with Gasteiger partial charge in [0.1, 0.15) is 0 Å². The molecule has 0 atom stereocenters. The molecule has 0 aliphatic rings. The van der Waals surface area contributed by atoms with E-state index < -0.39 is 8.07 Å². The van der Waals surface area contributed by atoms with Gasteiger partial charge in [-0.1, -0.05) is 117 Å². The van der Waals surface area contributed by atoms with Crippen molar-refractivity contribution in [1.29, 1.82) is 0 Å². The number of thiophene rings is 1.